The van der Waals surface area contributed by atoms with Crippen LogP contribution < -0.4 is 15.4 Å². The van der Waals surface area contributed by atoms with Gasteiger partial charge >= 0.3 is 0 Å². The van der Waals surface area contributed by atoms with Crippen LogP contribution in [0.5, 0.6) is 5.75 Å². The summed E-state index contributed by atoms with van der Waals surface area (Å²) in [6.45, 7) is 5.81. The van der Waals surface area contributed by atoms with Crippen molar-refractivity contribution in [1.82, 2.24) is 15.1 Å². The van der Waals surface area contributed by atoms with Crippen molar-refractivity contribution in [2.75, 3.05) is 38.6 Å². The molecule has 4 heterocycles. The summed E-state index contributed by atoms with van der Waals surface area (Å²) in [7, 11) is 1.59. The van der Waals surface area contributed by atoms with Crippen LogP contribution in [0.1, 0.15) is 58.3 Å². The second-order valence-electron chi connectivity index (χ2n) is 12.7. The van der Waals surface area contributed by atoms with Crippen molar-refractivity contribution in [2.45, 2.75) is 82.1 Å². The van der Waals surface area contributed by atoms with Crippen LogP contribution in [0.4, 0.5) is 5.69 Å². The Labute approximate surface area is 243 Å². The molecule has 1 aromatic carbocycles. The summed E-state index contributed by atoms with van der Waals surface area (Å²) in [5.74, 6) is -0.618. The summed E-state index contributed by atoms with van der Waals surface area (Å²) in [4.78, 5) is 46.0. The van der Waals surface area contributed by atoms with Gasteiger partial charge in [0.15, 0.2) is 0 Å². The highest BCUT2D eigenvalue weighted by Crippen LogP contribution is 2.55. The van der Waals surface area contributed by atoms with Crippen LogP contribution in [-0.4, -0.2) is 84.6 Å². The minimum atomic E-state index is -1.12. The van der Waals surface area contributed by atoms with E-state index in [4.69, 9.17) is 9.47 Å². The lowest BCUT2D eigenvalue weighted by Crippen LogP contribution is -2.56. The molecule has 3 amide bonds. The first-order valence-corrected chi connectivity index (χ1v) is 15.5. The predicted octanol–water partition coefficient (Wildman–Crippen LogP) is 3.36. The number of hydrogen-bond acceptors (Lipinski definition) is 6. The average Bonchev–Trinajstić information content (AvgIpc) is 3.61. The van der Waals surface area contributed by atoms with E-state index < -0.39 is 29.6 Å². The molecule has 1 aromatic rings. The zero-order valence-corrected chi connectivity index (χ0v) is 24.3. The highest BCUT2D eigenvalue weighted by atomic mass is 16.5. The number of amides is 3. The molecule has 5 aliphatic rings. The Kier molecular flexibility index (Phi) is 8.10. The van der Waals surface area contributed by atoms with E-state index in [0.29, 0.717) is 23.9 Å². The van der Waals surface area contributed by atoms with Crippen molar-refractivity contribution >= 4 is 23.4 Å². The lowest BCUT2D eigenvalue weighted by Gasteiger charge is -2.35. The van der Waals surface area contributed by atoms with Gasteiger partial charge in [-0.2, -0.15) is 0 Å². The maximum absolute atomic E-state index is 14.2. The molecular formula is C32H44N4O5. The van der Waals surface area contributed by atoms with Gasteiger partial charge in [0, 0.05) is 24.8 Å². The average molecular weight is 565 g/mol. The molecule has 0 radical (unpaired) electrons. The predicted molar refractivity (Wildman–Crippen MR) is 155 cm³/mol. The summed E-state index contributed by atoms with van der Waals surface area (Å²) in [6, 6.07) is 6.47. The molecule has 6 rings (SSSR count). The van der Waals surface area contributed by atoms with E-state index in [0.717, 1.165) is 51.7 Å². The highest BCUT2D eigenvalue weighted by Gasteiger charge is 2.72. The normalized spacial score (nSPS) is 33.2. The fourth-order valence-corrected chi connectivity index (χ4v) is 7.89. The van der Waals surface area contributed by atoms with Gasteiger partial charge in [0.25, 0.3) is 0 Å². The van der Waals surface area contributed by atoms with Gasteiger partial charge in [0.1, 0.15) is 17.4 Å². The number of carbonyl (C=O) groups is 3. The van der Waals surface area contributed by atoms with Crippen molar-refractivity contribution in [3.63, 3.8) is 0 Å². The second-order valence-corrected chi connectivity index (χ2v) is 12.7. The third-order valence-corrected chi connectivity index (χ3v) is 9.85. The van der Waals surface area contributed by atoms with E-state index in [1.54, 1.807) is 36.3 Å². The maximum atomic E-state index is 14.2. The molecule has 6 atom stereocenters. The number of anilines is 1. The number of methoxy groups -OCH3 is 1. The van der Waals surface area contributed by atoms with Crippen molar-refractivity contribution in [1.29, 1.82) is 0 Å². The third kappa shape index (κ3) is 5.39. The van der Waals surface area contributed by atoms with Gasteiger partial charge in [-0.3, -0.25) is 14.4 Å². The molecule has 4 fully saturated rings. The zero-order valence-electron chi connectivity index (χ0n) is 24.3. The number of piperidine rings is 1. The molecule has 9 heteroatoms. The first-order valence-electron chi connectivity index (χ1n) is 15.5. The van der Waals surface area contributed by atoms with E-state index in [9.17, 15) is 14.4 Å². The van der Waals surface area contributed by atoms with Crippen LogP contribution in [0.3, 0.4) is 0 Å². The lowest BCUT2D eigenvalue weighted by atomic mass is 9.74. The molecule has 41 heavy (non-hydrogen) atoms. The summed E-state index contributed by atoms with van der Waals surface area (Å²) in [5, 5.41) is 6.25. The SMILES string of the molecule is COc1ccc(NC(=O)C2[C@H]3C=CC4(O3)C(C(=O)NC3CCCCC3)N(CCCN3CCCC(C)C3)C(=O)[C@@H]24)cc1. The molecule has 1 spiro atoms. The quantitative estimate of drug-likeness (QED) is 0.447. The van der Waals surface area contributed by atoms with E-state index in [2.05, 4.69) is 22.5 Å². The van der Waals surface area contributed by atoms with Gasteiger partial charge in [-0.05, 0) is 75.4 Å². The van der Waals surface area contributed by atoms with Crippen molar-refractivity contribution in [3.05, 3.63) is 36.4 Å². The maximum Gasteiger partial charge on any atom is 0.246 e. The third-order valence-electron chi connectivity index (χ3n) is 9.85. The first-order chi connectivity index (χ1) is 19.9. The standard InChI is InChI=1S/C32H44N4O5/c1-21-8-6-17-35(20-21)18-7-19-36-28(30(38)34-22-9-4-3-5-10-22)32-16-15-25(41-32)26(27(32)31(36)39)29(37)33-23-11-13-24(40-2)14-12-23/h11-16,21-22,25-28H,3-10,17-20H2,1-2H3,(H,33,37)(H,34,38)/t21?,25-,26?,27-,28?,32?/m1/s1. The highest BCUT2D eigenvalue weighted by molar-refractivity contribution is 6.02. The van der Waals surface area contributed by atoms with Crippen LogP contribution >= 0.6 is 0 Å². The minimum absolute atomic E-state index is 0.121. The molecule has 3 saturated heterocycles. The van der Waals surface area contributed by atoms with E-state index in [-0.39, 0.29) is 23.8 Å². The minimum Gasteiger partial charge on any atom is -0.497 e. The molecule has 1 aliphatic carbocycles. The number of benzene rings is 1. The van der Waals surface area contributed by atoms with Crippen molar-refractivity contribution in [3.8, 4) is 5.75 Å². The number of nitrogens with one attached hydrogen (secondary N) is 2. The second kappa shape index (κ2) is 11.8. The van der Waals surface area contributed by atoms with Gasteiger partial charge in [-0.15, -0.1) is 0 Å². The van der Waals surface area contributed by atoms with Gasteiger partial charge in [0.05, 0.1) is 25.0 Å². The Hall–Kier alpha value is -2.91. The number of ether oxygens (including phenoxy) is 2. The van der Waals surface area contributed by atoms with Crippen molar-refractivity contribution in [2.24, 2.45) is 17.8 Å². The molecule has 0 aromatic heterocycles. The molecule has 222 valence electrons. The molecule has 4 unspecified atom stereocenters. The van der Waals surface area contributed by atoms with Crippen LogP contribution in [0.25, 0.3) is 0 Å². The van der Waals surface area contributed by atoms with E-state index in [1.165, 1.54) is 19.3 Å². The Balaban J connectivity index is 1.22. The summed E-state index contributed by atoms with van der Waals surface area (Å²) < 4.78 is 11.7. The van der Waals surface area contributed by atoms with Crippen LogP contribution in [-0.2, 0) is 19.1 Å². The molecule has 2 N–H and O–H groups in total. The lowest BCUT2D eigenvalue weighted by molar-refractivity contribution is -0.141. The number of rotatable bonds is 9. The number of carbonyl (C=O) groups excluding carboxylic acids is 3. The Bertz CT molecular complexity index is 1170. The monoisotopic (exact) mass is 564 g/mol. The largest absolute Gasteiger partial charge is 0.497 e. The van der Waals surface area contributed by atoms with E-state index >= 15 is 0 Å². The topological polar surface area (TPSA) is 100 Å². The molecule has 9 nitrogen and oxygen atoms in total. The van der Waals surface area contributed by atoms with E-state index in [1.807, 2.05) is 12.2 Å². The van der Waals surface area contributed by atoms with Gasteiger partial charge in [0.2, 0.25) is 17.7 Å². The number of fused-ring (bicyclic) bond motifs is 1. The smallest absolute Gasteiger partial charge is 0.246 e. The van der Waals surface area contributed by atoms with Crippen LogP contribution in [0.15, 0.2) is 36.4 Å². The molecule has 4 aliphatic heterocycles. The van der Waals surface area contributed by atoms with Crippen LogP contribution in [0, 0.1) is 17.8 Å². The Morgan fingerprint density at radius 1 is 1.05 bits per heavy atom. The summed E-state index contributed by atoms with van der Waals surface area (Å²) in [6.07, 6.45) is 11.8. The number of nitrogens with zero attached hydrogens (tertiary/aromatic N) is 2. The Morgan fingerprint density at radius 2 is 1.83 bits per heavy atom. The van der Waals surface area contributed by atoms with Gasteiger partial charge in [-0.1, -0.05) is 38.3 Å². The fourth-order valence-electron chi connectivity index (χ4n) is 7.89. The van der Waals surface area contributed by atoms with Gasteiger partial charge in [-0.25, -0.2) is 0 Å². The molecule has 1 saturated carbocycles. The van der Waals surface area contributed by atoms with Gasteiger partial charge < -0.3 is 29.9 Å². The Morgan fingerprint density at radius 3 is 2.56 bits per heavy atom. The first kappa shape index (κ1) is 28.2. The number of hydrogen-bond donors (Lipinski definition) is 2. The molecule has 2 bridgehead atoms. The summed E-state index contributed by atoms with van der Waals surface area (Å²) >= 11 is 0. The van der Waals surface area contributed by atoms with Crippen LogP contribution in [0.2, 0.25) is 0 Å². The zero-order chi connectivity index (χ0) is 28.6. The summed E-state index contributed by atoms with van der Waals surface area (Å²) in [5.41, 5.74) is -0.497. The molecular weight excluding hydrogens is 520 g/mol. The fraction of sp³-hybridized carbons (Fsp3) is 0.656. The number of likely N-dealkylation sites (tertiary alicyclic amines) is 2. The van der Waals surface area contributed by atoms with Crippen molar-refractivity contribution < 1.29 is 23.9 Å².